The molecule has 2 atom stereocenters. The van der Waals surface area contributed by atoms with Gasteiger partial charge in [-0.3, -0.25) is 4.79 Å². The van der Waals surface area contributed by atoms with E-state index < -0.39 is 6.43 Å². The zero-order valence-electron chi connectivity index (χ0n) is 13.6. The highest BCUT2D eigenvalue weighted by atomic mass is 19.3. The Morgan fingerprint density at radius 2 is 1.92 bits per heavy atom. The quantitative estimate of drug-likeness (QED) is 0.855. The van der Waals surface area contributed by atoms with Crippen molar-refractivity contribution in [3.05, 3.63) is 29.2 Å². The molecular weight excluding hydrogens is 330 g/mol. The molecule has 0 spiro atoms. The Hall–Kier alpha value is -2.09. The number of likely N-dealkylation sites (tertiary alicyclic amines) is 1. The van der Waals surface area contributed by atoms with Crippen LogP contribution in [0.5, 0.6) is 0 Å². The smallest absolute Gasteiger partial charge is 0.280 e. The third kappa shape index (κ3) is 2.50. The number of amides is 1. The molecule has 0 aromatic carbocycles. The third-order valence-electron chi connectivity index (χ3n) is 5.30. The molecule has 3 fully saturated rings. The van der Waals surface area contributed by atoms with Gasteiger partial charge in [-0.15, -0.1) is 0 Å². The van der Waals surface area contributed by atoms with Crippen molar-refractivity contribution in [3.8, 4) is 0 Å². The summed E-state index contributed by atoms with van der Waals surface area (Å²) in [5.74, 6) is 0.0236. The lowest BCUT2D eigenvalue weighted by Crippen LogP contribution is -2.45. The summed E-state index contributed by atoms with van der Waals surface area (Å²) in [5.41, 5.74) is 0.974. The van der Waals surface area contributed by atoms with Crippen molar-refractivity contribution in [2.45, 2.75) is 50.2 Å². The average Bonchev–Trinajstić information content (AvgIpc) is 3.29. The van der Waals surface area contributed by atoms with Crippen LogP contribution in [-0.4, -0.2) is 50.7 Å². The summed E-state index contributed by atoms with van der Waals surface area (Å²) >= 11 is 0. The minimum Gasteiger partial charge on any atom is -0.371 e. The maximum Gasteiger partial charge on any atom is 0.280 e. The lowest BCUT2D eigenvalue weighted by atomic mass is 10.2. The fraction of sp³-hybridized carbons (Fsp3) is 0.588. The third-order valence-corrected chi connectivity index (χ3v) is 5.30. The average molecular weight is 348 g/mol. The van der Waals surface area contributed by atoms with E-state index in [4.69, 9.17) is 4.74 Å². The number of morpholine rings is 1. The highest BCUT2D eigenvalue weighted by Gasteiger charge is 2.37. The molecular formula is C17H18F2N4O2. The molecule has 2 saturated heterocycles. The van der Waals surface area contributed by atoms with E-state index in [1.807, 2.05) is 0 Å². The maximum atomic E-state index is 13.4. The van der Waals surface area contributed by atoms with Crippen LogP contribution in [0.3, 0.4) is 0 Å². The van der Waals surface area contributed by atoms with E-state index in [2.05, 4.69) is 10.1 Å². The van der Waals surface area contributed by atoms with Crippen LogP contribution >= 0.6 is 0 Å². The molecule has 2 aliphatic heterocycles. The number of carbonyl (C=O) groups is 1. The van der Waals surface area contributed by atoms with Crippen LogP contribution in [0.4, 0.5) is 8.78 Å². The zero-order chi connectivity index (χ0) is 17.1. The molecule has 132 valence electrons. The van der Waals surface area contributed by atoms with Gasteiger partial charge in [0.25, 0.3) is 12.3 Å². The van der Waals surface area contributed by atoms with Crippen molar-refractivity contribution in [2.24, 2.45) is 0 Å². The first-order valence-corrected chi connectivity index (χ1v) is 8.71. The first kappa shape index (κ1) is 15.2. The minimum absolute atomic E-state index is 0.0798. The number of hydrogen-bond acceptors (Lipinski definition) is 4. The summed E-state index contributed by atoms with van der Waals surface area (Å²) in [5, 5.41) is 4.03. The predicted octanol–water partition coefficient (Wildman–Crippen LogP) is 2.55. The fourth-order valence-electron chi connectivity index (χ4n) is 3.85. The highest BCUT2D eigenvalue weighted by molar-refractivity contribution is 5.99. The Bertz CT molecular complexity index is 837. The predicted molar refractivity (Wildman–Crippen MR) is 83.7 cm³/mol. The zero-order valence-corrected chi connectivity index (χ0v) is 13.6. The van der Waals surface area contributed by atoms with Crippen LogP contribution in [0.25, 0.3) is 5.65 Å². The first-order chi connectivity index (χ1) is 12.1. The van der Waals surface area contributed by atoms with E-state index in [9.17, 15) is 13.6 Å². The molecule has 2 bridgehead atoms. The molecule has 1 amide bonds. The topological polar surface area (TPSA) is 59.7 Å². The van der Waals surface area contributed by atoms with Gasteiger partial charge in [0.05, 0.1) is 18.4 Å². The summed E-state index contributed by atoms with van der Waals surface area (Å²) in [6.45, 7) is 1.08. The summed E-state index contributed by atoms with van der Waals surface area (Å²) in [4.78, 5) is 19.2. The number of rotatable bonds is 3. The van der Waals surface area contributed by atoms with Crippen molar-refractivity contribution in [1.82, 2.24) is 19.5 Å². The van der Waals surface area contributed by atoms with Gasteiger partial charge in [0.1, 0.15) is 11.3 Å². The van der Waals surface area contributed by atoms with E-state index in [1.54, 1.807) is 4.90 Å². The Balaban J connectivity index is 1.55. The van der Waals surface area contributed by atoms with E-state index >= 15 is 0 Å². The molecule has 25 heavy (non-hydrogen) atoms. The molecule has 3 aliphatic rings. The SMILES string of the molecule is O=C(c1cnn2c(C(F)F)cc(C3CC3)nc12)N1CC2CCC(C1)O2. The molecule has 1 saturated carbocycles. The highest BCUT2D eigenvalue weighted by Crippen LogP contribution is 2.40. The van der Waals surface area contributed by atoms with Crippen molar-refractivity contribution in [2.75, 3.05) is 13.1 Å². The van der Waals surface area contributed by atoms with Gasteiger partial charge in [0, 0.05) is 24.7 Å². The number of aromatic nitrogens is 3. The number of ether oxygens (including phenoxy) is 1. The largest absolute Gasteiger partial charge is 0.371 e. The minimum atomic E-state index is -2.66. The Labute approximate surface area is 142 Å². The van der Waals surface area contributed by atoms with Crippen molar-refractivity contribution < 1.29 is 18.3 Å². The van der Waals surface area contributed by atoms with E-state index in [-0.39, 0.29) is 35.4 Å². The second kappa shape index (κ2) is 5.45. The van der Waals surface area contributed by atoms with Gasteiger partial charge in [-0.2, -0.15) is 5.10 Å². The second-order valence-corrected chi connectivity index (χ2v) is 7.14. The van der Waals surface area contributed by atoms with Gasteiger partial charge in [-0.25, -0.2) is 18.3 Å². The van der Waals surface area contributed by atoms with Crippen LogP contribution < -0.4 is 0 Å². The van der Waals surface area contributed by atoms with Gasteiger partial charge in [-0.1, -0.05) is 0 Å². The Kier molecular flexibility index (Phi) is 3.31. The van der Waals surface area contributed by atoms with Crippen LogP contribution in [0, 0.1) is 0 Å². The second-order valence-electron chi connectivity index (χ2n) is 7.14. The number of halogens is 2. The number of nitrogens with zero attached hydrogens (tertiary/aromatic N) is 4. The van der Waals surface area contributed by atoms with Crippen LogP contribution in [0.1, 0.15) is 59.8 Å². The van der Waals surface area contributed by atoms with E-state index in [1.165, 1.54) is 12.3 Å². The van der Waals surface area contributed by atoms with Gasteiger partial charge >= 0.3 is 0 Å². The number of alkyl halides is 2. The standard InChI is InChI=1S/C17H18F2N4O2/c18-15(19)14-5-13(9-1-2-9)21-16-12(6-20-23(14)16)17(24)22-7-10-3-4-11(8-22)25-10/h5-6,9-11,15H,1-4,7-8H2. The lowest BCUT2D eigenvalue weighted by molar-refractivity contribution is -0.0303. The van der Waals surface area contributed by atoms with E-state index in [0.717, 1.165) is 30.2 Å². The molecule has 6 nitrogen and oxygen atoms in total. The monoisotopic (exact) mass is 348 g/mol. The number of hydrogen-bond donors (Lipinski definition) is 0. The molecule has 8 heteroatoms. The maximum absolute atomic E-state index is 13.4. The van der Waals surface area contributed by atoms with Gasteiger partial charge in [0.15, 0.2) is 5.65 Å². The molecule has 1 aliphatic carbocycles. The molecule has 2 aromatic rings. The van der Waals surface area contributed by atoms with Crippen LogP contribution in [-0.2, 0) is 4.74 Å². The molecule has 2 aromatic heterocycles. The fourth-order valence-corrected chi connectivity index (χ4v) is 3.85. The van der Waals surface area contributed by atoms with Crippen molar-refractivity contribution in [1.29, 1.82) is 0 Å². The molecule has 0 radical (unpaired) electrons. The summed E-state index contributed by atoms with van der Waals surface area (Å²) in [6.07, 6.45) is 2.69. The van der Waals surface area contributed by atoms with Crippen molar-refractivity contribution >= 4 is 11.6 Å². The summed E-state index contributed by atoms with van der Waals surface area (Å²) in [6, 6.07) is 1.42. The summed E-state index contributed by atoms with van der Waals surface area (Å²) < 4.78 is 33.7. The first-order valence-electron chi connectivity index (χ1n) is 8.71. The Morgan fingerprint density at radius 3 is 2.56 bits per heavy atom. The lowest BCUT2D eigenvalue weighted by Gasteiger charge is -2.31. The Morgan fingerprint density at radius 1 is 1.20 bits per heavy atom. The summed E-state index contributed by atoms with van der Waals surface area (Å²) in [7, 11) is 0. The molecule has 0 N–H and O–H groups in total. The molecule has 4 heterocycles. The van der Waals surface area contributed by atoms with Gasteiger partial charge < -0.3 is 9.64 Å². The molecule has 2 unspecified atom stereocenters. The van der Waals surface area contributed by atoms with Crippen LogP contribution in [0.15, 0.2) is 12.3 Å². The van der Waals surface area contributed by atoms with Crippen LogP contribution in [0.2, 0.25) is 0 Å². The van der Waals surface area contributed by atoms with Crippen molar-refractivity contribution in [3.63, 3.8) is 0 Å². The molecule has 5 rings (SSSR count). The van der Waals surface area contributed by atoms with Gasteiger partial charge in [-0.05, 0) is 31.7 Å². The number of fused-ring (bicyclic) bond motifs is 3. The van der Waals surface area contributed by atoms with E-state index in [0.29, 0.717) is 24.3 Å². The van der Waals surface area contributed by atoms with Gasteiger partial charge in [0.2, 0.25) is 0 Å². The number of carbonyl (C=O) groups excluding carboxylic acids is 1. The normalized spacial score (nSPS) is 26.0.